The summed E-state index contributed by atoms with van der Waals surface area (Å²) < 4.78 is 15.8. The van der Waals surface area contributed by atoms with E-state index in [0.29, 0.717) is 31.2 Å². The third-order valence-electron chi connectivity index (χ3n) is 3.32. The largest absolute Gasteiger partial charge is 0.479 e. The van der Waals surface area contributed by atoms with Gasteiger partial charge in [-0.3, -0.25) is 0 Å². The molecule has 0 amide bonds. The zero-order valence-corrected chi connectivity index (χ0v) is 9.74. The molecule has 0 saturated carbocycles. The molecule has 0 aliphatic carbocycles. The monoisotopic (exact) mass is 254 g/mol. The number of carboxylic acid groups (broad SMARTS) is 1. The Morgan fingerprint density at radius 2 is 2.22 bits per heavy atom. The molecule has 18 heavy (non-hydrogen) atoms. The summed E-state index contributed by atoms with van der Waals surface area (Å²) in [5.41, 5.74) is 0. The summed E-state index contributed by atoms with van der Waals surface area (Å²) in [6.07, 6.45) is 0.807. The van der Waals surface area contributed by atoms with Gasteiger partial charge in [-0.2, -0.15) is 4.98 Å². The van der Waals surface area contributed by atoms with Crippen LogP contribution in [0.25, 0.3) is 0 Å². The van der Waals surface area contributed by atoms with Gasteiger partial charge in [0.05, 0.1) is 6.61 Å². The van der Waals surface area contributed by atoms with Gasteiger partial charge < -0.3 is 19.1 Å². The fourth-order valence-electron chi connectivity index (χ4n) is 2.28. The number of hydrogen-bond donors (Lipinski definition) is 1. The van der Waals surface area contributed by atoms with Gasteiger partial charge in [-0.1, -0.05) is 5.16 Å². The Kier molecular flexibility index (Phi) is 3.00. The highest BCUT2D eigenvalue weighted by Crippen LogP contribution is 2.33. The molecule has 1 N–H and O–H groups in total. The quantitative estimate of drug-likeness (QED) is 0.855. The van der Waals surface area contributed by atoms with Crippen molar-refractivity contribution in [2.75, 3.05) is 13.2 Å². The minimum absolute atomic E-state index is 0.180. The number of aromatic nitrogens is 2. The molecule has 0 aromatic carbocycles. The van der Waals surface area contributed by atoms with Crippen LogP contribution in [0, 0.1) is 0 Å². The van der Waals surface area contributed by atoms with Crippen molar-refractivity contribution in [2.45, 2.75) is 37.4 Å². The van der Waals surface area contributed by atoms with E-state index in [1.165, 1.54) is 0 Å². The Morgan fingerprint density at radius 1 is 1.33 bits per heavy atom. The van der Waals surface area contributed by atoms with Crippen LogP contribution in [0.5, 0.6) is 0 Å². The average Bonchev–Trinajstić information content (AvgIpc) is 3.10. The Bertz CT molecular complexity index is 440. The lowest BCUT2D eigenvalue weighted by atomic mass is 10.1. The van der Waals surface area contributed by atoms with Crippen LogP contribution in [0.1, 0.15) is 43.0 Å². The maximum atomic E-state index is 10.8. The van der Waals surface area contributed by atoms with Crippen molar-refractivity contribution >= 4 is 5.97 Å². The first kappa shape index (κ1) is 11.6. The number of hydrogen-bond acceptors (Lipinski definition) is 6. The molecule has 1 aromatic heterocycles. The summed E-state index contributed by atoms with van der Waals surface area (Å²) in [4.78, 5) is 15.1. The van der Waals surface area contributed by atoms with Crippen LogP contribution in [0.3, 0.4) is 0 Å². The van der Waals surface area contributed by atoms with Crippen LogP contribution in [0.15, 0.2) is 4.52 Å². The smallest absolute Gasteiger partial charge is 0.332 e. The van der Waals surface area contributed by atoms with Crippen molar-refractivity contribution in [1.82, 2.24) is 10.1 Å². The first-order valence-electron chi connectivity index (χ1n) is 6.03. The molecule has 3 rings (SSSR count). The summed E-state index contributed by atoms with van der Waals surface area (Å²) in [6, 6.07) is 0. The molecule has 0 bridgehead atoms. The zero-order chi connectivity index (χ0) is 12.5. The summed E-state index contributed by atoms with van der Waals surface area (Å²) in [6.45, 7) is 1.33. The van der Waals surface area contributed by atoms with Crippen molar-refractivity contribution in [3.8, 4) is 0 Å². The second-order valence-electron chi connectivity index (χ2n) is 4.58. The molecular formula is C11H14N2O5. The van der Waals surface area contributed by atoms with E-state index in [1.54, 1.807) is 0 Å². The van der Waals surface area contributed by atoms with E-state index in [1.807, 2.05) is 0 Å². The number of ether oxygens (including phenoxy) is 2. The van der Waals surface area contributed by atoms with Gasteiger partial charge in [-0.25, -0.2) is 4.79 Å². The molecule has 2 aliphatic heterocycles. The summed E-state index contributed by atoms with van der Waals surface area (Å²) in [7, 11) is 0. The predicted molar refractivity (Wildman–Crippen MR) is 57.0 cm³/mol. The molecule has 3 heterocycles. The maximum Gasteiger partial charge on any atom is 0.332 e. The molecule has 7 heteroatoms. The van der Waals surface area contributed by atoms with Gasteiger partial charge in [0.25, 0.3) is 5.89 Å². The number of nitrogens with zero attached hydrogens (tertiary/aromatic N) is 2. The first-order chi connectivity index (χ1) is 8.74. The lowest BCUT2D eigenvalue weighted by Crippen LogP contribution is -2.18. The van der Waals surface area contributed by atoms with Crippen molar-refractivity contribution < 1.29 is 23.9 Å². The van der Waals surface area contributed by atoms with Crippen molar-refractivity contribution in [2.24, 2.45) is 0 Å². The van der Waals surface area contributed by atoms with E-state index >= 15 is 0 Å². The van der Waals surface area contributed by atoms with Crippen LogP contribution < -0.4 is 0 Å². The Balaban J connectivity index is 1.68. The van der Waals surface area contributed by atoms with E-state index in [4.69, 9.17) is 19.1 Å². The summed E-state index contributed by atoms with van der Waals surface area (Å²) >= 11 is 0. The van der Waals surface area contributed by atoms with Gasteiger partial charge >= 0.3 is 5.97 Å². The van der Waals surface area contributed by atoms with Crippen molar-refractivity contribution in [1.29, 1.82) is 0 Å². The molecule has 7 nitrogen and oxygen atoms in total. The third kappa shape index (κ3) is 2.11. The molecule has 3 atom stereocenters. The molecule has 0 spiro atoms. The van der Waals surface area contributed by atoms with E-state index in [2.05, 4.69) is 10.1 Å². The highest BCUT2D eigenvalue weighted by molar-refractivity contribution is 5.72. The van der Waals surface area contributed by atoms with Crippen LogP contribution in [-0.4, -0.2) is 40.5 Å². The minimum Gasteiger partial charge on any atom is -0.479 e. The van der Waals surface area contributed by atoms with Crippen LogP contribution >= 0.6 is 0 Å². The zero-order valence-electron chi connectivity index (χ0n) is 9.74. The second-order valence-corrected chi connectivity index (χ2v) is 4.58. The van der Waals surface area contributed by atoms with Crippen molar-refractivity contribution in [3.63, 3.8) is 0 Å². The predicted octanol–water partition coefficient (Wildman–Crippen LogP) is 0.878. The average molecular weight is 254 g/mol. The maximum absolute atomic E-state index is 10.8. The molecule has 2 aliphatic rings. The highest BCUT2D eigenvalue weighted by Gasteiger charge is 2.35. The number of aliphatic carboxylic acids is 1. The minimum atomic E-state index is -0.943. The lowest BCUT2D eigenvalue weighted by molar-refractivity contribution is -0.150. The van der Waals surface area contributed by atoms with E-state index in [-0.39, 0.29) is 5.92 Å². The number of carboxylic acids is 1. The van der Waals surface area contributed by atoms with Gasteiger partial charge in [0, 0.05) is 12.5 Å². The molecule has 2 saturated heterocycles. The number of rotatable bonds is 3. The highest BCUT2D eigenvalue weighted by atomic mass is 16.6. The normalized spacial score (nSPS) is 31.9. The van der Waals surface area contributed by atoms with Crippen molar-refractivity contribution in [3.05, 3.63) is 11.7 Å². The lowest BCUT2D eigenvalue weighted by Gasteiger charge is -2.05. The Morgan fingerprint density at radius 3 is 2.89 bits per heavy atom. The van der Waals surface area contributed by atoms with Crippen LogP contribution in [0.2, 0.25) is 0 Å². The molecule has 0 radical (unpaired) electrons. The summed E-state index contributed by atoms with van der Waals surface area (Å²) in [5, 5.41) is 12.8. The fourth-order valence-corrected chi connectivity index (χ4v) is 2.28. The van der Waals surface area contributed by atoms with Gasteiger partial charge in [-0.05, 0) is 19.3 Å². The first-order valence-corrected chi connectivity index (χ1v) is 6.03. The Hall–Kier alpha value is -1.47. The van der Waals surface area contributed by atoms with Gasteiger partial charge in [-0.15, -0.1) is 0 Å². The Labute approximate surface area is 103 Å². The van der Waals surface area contributed by atoms with Gasteiger partial charge in [0.15, 0.2) is 11.9 Å². The van der Waals surface area contributed by atoms with E-state index in [0.717, 1.165) is 13.0 Å². The number of carbonyl (C=O) groups is 1. The topological polar surface area (TPSA) is 94.7 Å². The fraction of sp³-hybridized carbons (Fsp3) is 0.727. The van der Waals surface area contributed by atoms with E-state index in [9.17, 15) is 4.79 Å². The SMILES string of the molecule is O=C(O)C1CCC(c2nc(C3CCOC3)no2)O1. The van der Waals surface area contributed by atoms with Gasteiger partial charge in [0.2, 0.25) is 0 Å². The molecule has 2 fully saturated rings. The van der Waals surface area contributed by atoms with Crippen LogP contribution in [0.4, 0.5) is 0 Å². The molecule has 3 unspecified atom stereocenters. The molecule has 98 valence electrons. The van der Waals surface area contributed by atoms with Gasteiger partial charge in [0.1, 0.15) is 6.10 Å². The van der Waals surface area contributed by atoms with E-state index < -0.39 is 18.2 Å². The molecular weight excluding hydrogens is 240 g/mol. The van der Waals surface area contributed by atoms with Crippen LogP contribution in [-0.2, 0) is 14.3 Å². The standard InChI is InChI=1S/C11H14N2O5/c14-11(15)8-2-1-7(17-8)10-12-9(13-18-10)6-3-4-16-5-6/h6-8H,1-5H2,(H,14,15). The molecule has 1 aromatic rings. The second kappa shape index (κ2) is 4.66. The third-order valence-corrected chi connectivity index (χ3v) is 3.32. The summed E-state index contributed by atoms with van der Waals surface area (Å²) in [5.74, 6) is 0.242.